The normalized spacial score (nSPS) is 11.6. The van der Waals surface area contributed by atoms with Gasteiger partial charge in [-0.25, -0.2) is 0 Å². The Balaban J connectivity index is 1.88. The van der Waals surface area contributed by atoms with Crippen molar-refractivity contribution in [2.45, 2.75) is 0 Å². The van der Waals surface area contributed by atoms with Gasteiger partial charge >= 0.3 is 0 Å². The van der Waals surface area contributed by atoms with Gasteiger partial charge in [0.2, 0.25) is 0 Å². The Hall–Kier alpha value is -3.22. The summed E-state index contributed by atoms with van der Waals surface area (Å²) in [5.74, 6) is 0. The number of nitrogens with zero attached hydrogens (tertiary/aromatic N) is 2. The SMILES string of the molecule is O=[N+]([O-])c1ccc(/C=C/C=C/C=C/c2ccc(N(CCO)CCO)cc2)cc1. The minimum absolute atomic E-state index is 0.0415. The lowest BCUT2D eigenvalue weighted by atomic mass is 10.1. The number of rotatable bonds is 10. The fraction of sp³-hybridized carbons (Fsp3) is 0.182. The molecule has 0 aliphatic carbocycles. The zero-order valence-corrected chi connectivity index (χ0v) is 15.5. The summed E-state index contributed by atoms with van der Waals surface area (Å²) in [5, 5.41) is 28.8. The van der Waals surface area contributed by atoms with Crippen LogP contribution < -0.4 is 4.90 Å². The van der Waals surface area contributed by atoms with Crippen LogP contribution in [0.1, 0.15) is 11.1 Å². The van der Waals surface area contributed by atoms with Crippen molar-refractivity contribution in [1.82, 2.24) is 0 Å². The standard InChI is InChI=1S/C22H24N2O4/c25-17-15-23(16-18-26)21-11-7-19(8-12-21)5-3-1-2-4-6-20-9-13-22(14-10-20)24(27)28/h1-14,25-26H,15-18H2/b2-1+,5-3+,6-4+. The summed E-state index contributed by atoms with van der Waals surface area (Å²) in [6.45, 7) is 1.05. The average molecular weight is 380 g/mol. The predicted octanol–water partition coefficient (Wildman–Crippen LogP) is 3.67. The highest BCUT2D eigenvalue weighted by molar-refractivity contribution is 5.57. The van der Waals surface area contributed by atoms with Crippen molar-refractivity contribution in [1.29, 1.82) is 0 Å². The highest BCUT2D eigenvalue weighted by Crippen LogP contribution is 2.16. The monoisotopic (exact) mass is 380 g/mol. The minimum atomic E-state index is -0.415. The van der Waals surface area contributed by atoms with E-state index < -0.39 is 4.92 Å². The number of aliphatic hydroxyl groups is 2. The van der Waals surface area contributed by atoms with Crippen molar-refractivity contribution in [3.63, 3.8) is 0 Å². The first-order valence-corrected chi connectivity index (χ1v) is 8.96. The molecule has 0 bridgehead atoms. The van der Waals surface area contributed by atoms with E-state index in [0.29, 0.717) is 13.1 Å². The Kier molecular flexibility index (Phi) is 8.65. The summed E-state index contributed by atoms with van der Waals surface area (Å²) in [4.78, 5) is 12.1. The molecule has 0 saturated carbocycles. The maximum absolute atomic E-state index is 10.6. The summed E-state index contributed by atoms with van der Waals surface area (Å²) in [6.07, 6.45) is 11.4. The van der Waals surface area contributed by atoms with Crippen LogP contribution in [0.25, 0.3) is 12.2 Å². The average Bonchev–Trinajstić information content (AvgIpc) is 2.71. The molecule has 2 N–H and O–H groups in total. The van der Waals surface area contributed by atoms with Crippen LogP contribution in [-0.4, -0.2) is 41.4 Å². The van der Waals surface area contributed by atoms with Crippen LogP contribution >= 0.6 is 0 Å². The summed E-state index contributed by atoms with van der Waals surface area (Å²) < 4.78 is 0. The molecule has 6 nitrogen and oxygen atoms in total. The molecular weight excluding hydrogens is 356 g/mol. The van der Waals surface area contributed by atoms with E-state index >= 15 is 0 Å². The molecule has 0 aromatic heterocycles. The van der Waals surface area contributed by atoms with E-state index in [2.05, 4.69) is 0 Å². The number of non-ortho nitro benzene ring substituents is 1. The molecule has 2 aromatic rings. The first-order chi connectivity index (χ1) is 13.6. The third kappa shape index (κ3) is 6.83. The lowest BCUT2D eigenvalue weighted by Gasteiger charge is -2.22. The van der Waals surface area contributed by atoms with E-state index in [9.17, 15) is 10.1 Å². The van der Waals surface area contributed by atoms with E-state index in [1.165, 1.54) is 12.1 Å². The van der Waals surface area contributed by atoms with Gasteiger partial charge in [0.25, 0.3) is 5.69 Å². The van der Waals surface area contributed by atoms with Gasteiger partial charge in [-0.1, -0.05) is 48.6 Å². The summed E-state index contributed by atoms with van der Waals surface area (Å²) in [5.41, 5.74) is 2.98. The summed E-state index contributed by atoms with van der Waals surface area (Å²) in [6, 6.07) is 14.3. The molecule has 0 aliphatic heterocycles. The number of hydrogen-bond acceptors (Lipinski definition) is 5. The van der Waals surface area contributed by atoms with E-state index in [1.54, 1.807) is 12.1 Å². The van der Waals surface area contributed by atoms with Gasteiger partial charge in [0.05, 0.1) is 18.1 Å². The molecular formula is C22H24N2O4. The Labute approximate surface area is 164 Å². The topological polar surface area (TPSA) is 86.8 Å². The van der Waals surface area contributed by atoms with Crippen LogP contribution in [0.15, 0.2) is 72.8 Å². The van der Waals surface area contributed by atoms with Crippen molar-refractivity contribution >= 4 is 23.5 Å². The molecule has 0 spiro atoms. The van der Waals surface area contributed by atoms with Gasteiger partial charge in [-0.3, -0.25) is 10.1 Å². The molecule has 0 fully saturated rings. The molecule has 0 radical (unpaired) electrons. The molecule has 0 saturated heterocycles. The van der Waals surface area contributed by atoms with Crippen LogP contribution in [0.2, 0.25) is 0 Å². The van der Waals surface area contributed by atoms with Crippen molar-refractivity contribution < 1.29 is 15.1 Å². The van der Waals surface area contributed by atoms with Gasteiger partial charge < -0.3 is 15.1 Å². The maximum Gasteiger partial charge on any atom is 0.269 e. The molecule has 0 amide bonds. The zero-order chi connectivity index (χ0) is 20.2. The number of allylic oxidation sites excluding steroid dienone is 4. The molecule has 2 aromatic carbocycles. The van der Waals surface area contributed by atoms with Gasteiger partial charge in [0.1, 0.15) is 0 Å². The van der Waals surface area contributed by atoms with Crippen molar-refractivity contribution in [2.75, 3.05) is 31.2 Å². The number of nitro benzene ring substituents is 1. The van der Waals surface area contributed by atoms with Gasteiger partial charge in [-0.2, -0.15) is 0 Å². The number of benzene rings is 2. The lowest BCUT2D eigenvalue weighted by molar-refractivity contribution is -0.384. The summed E-state index contributed by atoms with van der Waals surface area (Å²) >= 11 is 0. The Morgan fingerprint density at radius 1 is 0.786 bits per heavy atom. The third-order valence-corrected chi connectivity index (χ3v) is 4.01. The molecule has 0 atom stereocenters. The number of hydrogen-bond donors (Lipinski definition) is 2. The van der Waals surface area contributed by atoms with Crippen molar-refractivity contribution in [3.05, 3.63) is 94.1 Å². The van der Waals surface area contributed by atoms with E-state index in [0.717, 1.165) is 16.8 Å². The Morgan fingerprint density at radius 3 is 1.68 bits per heavy atom. The molecule has 28 heavy (non-hydrogen) atoms. The Bertz CT molecular complexity index is 819. The predicted molar refractivity (Wildman–Crippen MR) is 113 cm³/mol. The van der Waals surface area contributed by atoms with E-state index in [-0.39, 0.29) is 18.9 Å². The van der Waals surface area contributed by atoms with Gasteiger partial charge in [-0.15, -0.1) is 0 Å². The van der Waals surface area contributed by atoms with Crippen LogP contribution in [0.4, 0.5) is 11.4 Å². The second-order valence-corrected chi connectivity index (χ2v) is 5.98. The lowest BCUT2D eigenvalue weighted by Crippen LogP contribution is -2.29. The number of anilines is 1. The van der Waals surface area contributed by atoms with Gasteiger partial charge in [-0.05, 0) is 35.4 Å². The third-order valence-electron chi connectivity index (χ3n) is 4.01. The fourth-order valence-electron chi connectivity index (χ4n) is 2.58. The van der Waals surface area contributed by atoms with Gasteiger partial charge in [0.15, 0.2) is 0 Å². The van der Waals surface area contributed by atoms with Crippen LogP contribution in [0.5, 0.6) is 0 Å². The molecule has 0 unspecified atom stereocenters. The highest BCUT2D eigenvalue weighted by Gasteiger charge is 2.04. The molecule has 2 rings (SSSR count). The summed E-state index contributed by atoms with van der Waals surface area (Å²) in [7, 11) is 0. The Morgan fingerprint density at radius 2 is 1.25 bits per heavy atom. The second kappa shape index (κ2) is 11.5. The molecule has 0 aliphatic rings. The van der Waals surface area contributed by atoms with Crippen LogP contribution in [-0.2, 0) is 0 Å². The van der Waals surface area contributed by atoms with Crippen LogP contribution in [0, 0.1) is 10.1 Å². The quantitative estimate of drug-likeness (QED) is 0.373. The first-order valence-electron chi connectivity index (χ1n) is 8.96. The van der Waals surface area contributed by atoms with Crippen LogP contribution in [0.3, 0.4) is 0 Å². The zero-order valence-electron chi connectivity index (χ0n) is 15.5. The van der Waals surface area contributed by atoms with Crippen molar-refractivity contribution in [3.8, 4) is 0 Å². The highest BCUT2D eigenvalue weighted by atomic mass is 16.6. The van der Waals surface area contributed by atoms with E-state index in [4.69, 9.17) is 10.2 Å². The maximum atomic E-state index is 10.6. The molecule has 146 valence electrons. The smallest absolute Gasteiger partial charge is 0.269 e. The van der Waals surface area contributed by atoms with E-state index in [1.807, 2.05) is 65.6 Å². The largest absolute Gasteiger partial charge is 0.395 e. The number of aliphatic hydroxyl groups excluding tert-OH is 2. The second-order valence-electron chi connectivity index (χ2n) is 5.98. The van der Waals surface area contributed by atoms with Crippen molar-refractivity contribution in [2.24, 2.45) is 0 Å². The first kappa shape index (κ1) is 21.1. The molecule has 0 heterocycles. The fourth-order valence-corrected chi connectivity index (χ4v) is 2.58. The molecule has 6 heteroatoms. The van der Waals surface area contributed by atoms with Gasteiger partial charge in [0, 0.05) is 30.9 Å². The minimum Gasteiger partial charge on any atom is -0.395 e. The number of nitro groups is 1.